The van der Waals surface area contributed by atoms with Crippen LogP contribution in [0.15, 0.2) is 0 Å². The van der Waals surface area contributed by atoms with Gasteiger partial charge in [-0.1, -0.05) is 0 Å². The number of carbonyl (C=O) groups is 2. The van der Waals surface area contributed by atoms with Crippen LogP contribution in [0, 0.1) is 0 Å². The Morgan fingerprint density at radius 3 is 2.70 bits per heavy atom. The lowest BCUT2D eigenvalue weighted by molar-refractivity contribution is -0.143. The van der Waals surface area contributed by atoms with Crippen molar-refractivity contribution in [3.05, 3.63) is 0 Å². The Balaban J connectivity index is 4.49. The lowest BCUT2D eigenvalue weighted by atomic mass is 10.3. The van der Waals surface area contributed by atoms with E-state index in [1.807, 2.05) is 0 Å². The van der Waals surface area contributed by atoms with E-state index in [-0.39, 0.29) is 0 Å². The van der Waals surface area contributed by atoms with Crippen molar-refractivity contribution >= 4 is 11.9 Å². The van der Waals surface area contributed by atoms with Crippen LogP contribution < -0.4 is 0 Å². The molecule has 1 N–H and O–H groups in total. The van der Waals surface area contributed by atoms with Gasteiger partial charge in [-0.3, -0.25) is 9.59 Å². The Morgan fingerprint density at radius 2 is 2.30 bits per heavy atom. The highest BCUT2D eigenvalue weighted by molar-refractivity contribution is 5.67. The van der Waals surface area contributed by atoms with E-state index in [2.05, 4.69) is 4.74 Å². The molecule has 10 heavy (non-hydrogen) atoms. The van der Waals surface area contributed by atoms with Gasteiger partial charge in [-0.05, 0) is 6.42 Å². The molecule has 0 radical (unpaired) electrons. The standard InChI is InChI=1S/C6H10O4/c1-5(7)10-4-2-3-6(8)9/h2-4H2,1H3,(H,8,9)/i3D2,4D2. The van der Waals surface area contributed by atoms with E-state index in [0.717, 1.165) is 6.92 Å². The monoisotopic (exact) mass is 150 g/mol. The molecule has 4 nitrogen and oxygen atoms in total. The van der Waals surface area contributed by atoms with Crippen LogP contribution in [0.1, 0.15) is 25.2 Å². The second kappa shape index (κ2) is 4.78. The fourth-order valence-electron chi connectivity index (χ4n) is 0.249. The van der Waals surface area contributed by atoms with Crippen LogP contribution in [-0.4, -0.2) is 23.6 Å². The van der Waals surface area contributed by atoms with E-state index in [4.69, 9.17) is 10.6 Å². The van der Waals surface area contributed by atoms with Gasteiger partial charge < -0.3 is 9.84 Å². The lowest BCUT2D eigenvalue weighted by Gasteiger charge is -1.97. The van der Waals surface area contributed by atoms with Crippen LogP contribution in [0.4, 0.5) is 0 Å². The van der Waals surface area contributed by atoms with E-state index >= 15 is 0 Å². The van der Waals surface area contributed by atoms with Gasteiger partial charge in [0.1, 0.15) is 0 Å². The van der Waals surface area contributed by atoms with Gasteiger partial charge in [0.15, 0.2) is 0 Å². The zero-order chi connectivity index (χ0) is 11.6. The van der Waals surface area contributed by atoms with Crippen molar-refractivity contribution in [3.63, 3.8) is 0 Å². The van der Waals surface area contributed by atoms with E-state index in [0.29, 0.717) is 0 Å². The quantitative estimate of drug-likeness (QED) is 0.590. The van der Waals surface area contributed by atoms with E-state index < -0.39 is 31.3 Å². The van der Waals surface area contributed by atoms with Crippen molar-refractivity contribution in [1.29, 1.82) is 0 Å². The molecule has 0 aromatic carbocycles. The maximum Gasteiger partial charge on any atom is 0.303 e. The molecule has 0 saturated heterocycles. The molecule has 0 saturated carbocycles. The average Bonchev–Trinajstić information content (AvgIpc) is 1.79. The molecule has 0 atom stereocenters. The van der Waals surface area contributed by atoms with Gasteiger partial charge in [0.25, 0.3) is 0 Å². The van der Waals surface area contributed by atoms with Gasteiger partial charge in [0.05, 0.1) is 9.30 Å². The first-order valence-corrected chi connectivity index (χ1v) is 2.50. The summed E-state index contributed by atoms with van der Waals surface area (Å²) in [6.07, 6.45) is -3.81. The SMILES string of the molecule is [2H]C([2H])(CC([2H])([2H])C(=O)O)OC(C)=O. The Morgan fingerprint density at radius 1 is 1.70 bits per heavy atom. The Labute approximate surface area is 64.4 Å². The number of aliphatic carboxylic acids is 1. The summed E-state index contributed by atoms with van der Waals surface area (Å²) in [5.41, 5.74) is 0. The van der Waals surface area contributed by atoms with Crippen LogP contribution >= 0.6 is 0 Å². The maximum absolute atomic E-state index is 10.4. The van der Waals surface area contributed by atoms with Crippen LogP contribution in [0.5, 0.6) is 0 Å². The second-order valence-corrected chi connectivity index (χ2v) is 1.40. The molecule has 0 bridgehead atoms. The molecule has 0 amide bonds. The highest BCUT2D eigenvalue weighted by atomic mass is 16.5. The number of hydrogen-bond acceptors (Lipinski definition) is 3. The molecular formula is C6H10O4. The van der Waals surface area contributed by atoms with Crippen molar-refractivity contribution in [2.45, 2.75) is 19.7 Å². The number of esters is 1. The third-order valence-corrected chi connectivity index (χ3v) is 0.528. The minimum atomic E-state index is -2.76. The van der Waals surface area contributed by atoms with Gasteiger partial charge in [0.2, 0.25) is 0 Å². The number of hydrogen-bond donors (Lipinski definition) is 1. The molecular weight excluding hydrogens is 136 g/mol. The summed E-state index contributed by atoms with van der Waals surface area (Å²) >= 11 is 0. The first kappa shape index (κ1) is 3.95. The van der Waals surface area contributed by atoms with Crippen molar-refractivity contribution < 1.29 is 24.9 Å². The summed E-state index contributed by atoms with van der Waals surface area (Å²) in [4.78, 5) is 20.7. The van der Waals surface area contributed by atoms with Gasteiger partial charge in [-0.2, -0.15) is 0 Å². The molecule has 0 aliphatic heterocycles. The topological polar surface area (TPSA) is 63.6 Å². The number of carbonyl (C=O) groups excluding carboxylic acids is 1. The maximum atomic E-state index is 10.4. The first-order valence-electron chi connectivity index (χ1n) is 4.50. The van der Waals surface area contributed by atoms with Crippen molar-refractivity contribution in [2.75, 3.05) is 6.56 Å². The van der Waals surface area contributed by atoms with Gasteiger partial charge in [-0.25, -0.2) is 0 Å². The second-order valence-electron chi connectivity index (χ2n) is 1.40. The summed E-state index contributed by atoms with van der Waals surface area (Å²) in [5.74, 6) is -2.73. The molecule has 4 heteroatoms. The summed E-state index contributed by atoms with van der Waals surface area (Å²) in [7, 11) is 0. The molecule has 58 valence electrons. The van der Waals surface area contributed by atoms with Crippen molar-refractivity contribution in [3.8, 4) is 0 Å². The Kier molecular flexibility index (Phi) is 1.89. The molecule has 0 aromatic rings. The zero-order valence-electron chi connectivity index (χ0n) is 9.38. The van der Waals surface area contributed by atoms with Crippen LogP contribution in [-0.2, 0) is 14.3 Å². The first-order chi connectivity index (χ1) is 6.07. The van der Waals surface area contributed by atoms with Gasteiger partial charge in [0, 0.05) is 16.0 Å². The number of ether oxygens (including phenoxy) is 1. The van der Waals surface area contributed by atoms with Crippen LogP contribution in [0.2, 0.25) is 0 Å². The molecule has 0 spiro atoms. The predicted molar refractivity (Wildman–Crippen MR) is 33.5 cm³/mol. The summed E-state index contributed by atoms with van der Waals surface area (Å²) in [6, 6.07) is 0. The molecule has 0 fully saturated rings. The summed E-state index contributed by atoms with van der Waals surface area (Å²) in [6.45, 7) is -1.66. The minimum absolute atomic E-state index is 0.934. The fraction of sp³-hybridized carbons (Fsp3) is 0.667. The average molecular weight is 150 g/mol. The van der Waals surface area contributed by atoms with Gasteiger partial charge >= 0.3 is 11.9 Å². The smallest absolute Gasteiger partial charge is 0.303 e. The number of carboxylic acid groups (broad SMARTS) is 1. The molecule has 0 aliphatic carbocycles. The van der Waals surface area contributed by atoms with Crippen molar-refractivity contribution in [1.82, 2.24) is 0 Å². The van der Waals surface area contributed by atoms with E-state index in [1.54, 1.807) is 0 Å². The normalized spacial score (nSPS) is 17.7. The Bertz CT molecular complexity index is 250. The third kappa shape index (κ3) is 6.94. The molecule has 0 rings (SSSR count). The zero-order valence-corrected chi connectivity index (χ0v) is 5.38. The van der Waals surface area contributed by atoms with Gasteiger partial charge in [-0.15, -0.1) is 0 Å². The number of carboxylic acids is 1. The minimum Gasteiger partial charge on any atom is -0.481 e. The number of rotatable bonds is 4. The van der Waals surface area contributed by atoms with E-state index in [9.17, 15) is 9.59 Å². The molecule has 0 aliphatic rings. The molecule has 0 unspecified atom stereocenters. The fourth-order valence-corrected chi connectivity index (χ4v) is 0.249. The summed E-state index contributed by atoms with van der Waals surface area (Å²) < 4.78 is 32.0. The molecule has 0 aromatic heterocycles. The largest absolute Gasteiger partial charge is 0.481 e. The van der Waals surface area contributed by atoms with E-state index in [1.165, 1.54) is 0 Å². The highest BCUT2D eigenvalue weighted by Gasteiger charge is 1.97. The predicted octanol–water partition coefficient (Wildman–Crippen LogP) is 0.414. The van der Waals surface area contributed by atoms with Crippen LogP contribution in [0.25, 0.3) is 0 Å². The van der Waals surface area contributed by atoms with Crippen molar-refractivity contribution in [2.24, 2.45) is 0 Å². The summed E-state index contributed by atoms with van der Waals surface area (Å²) in [5, 5.41) is 8.36. The third-order valence-electron chi connectivity index (χ3n) is 0.528. The highest BCUT2D eigenvalue weighted by Crippen LogP contribution is 1.89. The Hall–Kier alpha value is -1.06. The van der Waals surface area contributed by atoms with Crippen LogP contribution in [0.3, 0.4) is 0 Å². The lowest BCUT2D eigenvalue weighted by Crippen LogP contribution is -2.03. The molecule has 0 heterocycles.